The lowest BCUT2D eigenvalue weighted by Gasteiger charge is -2.25. The molecular formula is C17H25N3O5S. The number of hydrogen-bond acceptors (Lipinski definition) is 4. The highest BCUT2D eigenvalue weighted by molar-refractivity contribution is 7.89. The van der Waals surface area contributed by atoms with Crippen LogP contribution in [0.3, 0.4) is 0 Å². The number of piperidine rings is 1. The molecule has 1 fully saturated rings. The Bertz CT molecular complexity index is 727. The van der Waals surface area contributed by atoms with Crippen LogP contribution in [0.4, 0.5) is 4.79 Å². The number of carboxylic acid groups (broad SMARTS) is 1. The van der Waals surface area contributed by atoms with Crippen molar-refractivity contribution in [3.05, 3.63) is 29.8 Å². The van der Waals surface area contributed by atoms with Crippen LogP contribution in [0.1, 0.15) is 31.2 Å². The largest absolute Gasteiger partial charge is 0.481 e. The van der Waals surface area contributed by atoms with Crippen LogP contribution in [0, 0.1) is 0 Å². The molecule has 0 aliphatic carbocycles. The summed E-state index contributed by atoms with van der Waals surface area (Å²) < 4.78 is 26.7. The first-order valence-corrected chi connectivity index (χ1v) is 10.0. The van der Waals surface area contributed by atoms with E-state index in [9.17, 15) is 18.0 Å². The molecule has 1 aromatic rings. The van der Waals surface area contributed by atoms with Gasteiger partial charge in [-0.1, -0.05) is 18.6 Å². The highest BCUT2D eigenvalue weighted by atomic mass is 32.2. The van der Waals surface area contributed by atoms with Crippen LogP contribution in [-0.2, 0) is 21.4 Å². The van der Waals surface area contributed by atoms with Gasteiger partial charge in [-0.3, -0.25) is 4.79 Å². The van der Waals surface area contributed by atoms with Crippen molar-refractivity contribution in [2.24, 2.45) is 0 Å². The molecule has 0 unspecified atom stereocenters. The van der Waals surface area contributed by atoms with Crippen molar-refractivity contribution in [3.63, 3.8) is 0 Å². The molecule has 144 valence electrons. The number of rotatable bonds is 7. The third-order valence-electron chi connectivity index (χ3n) is 4.33. The van der Waals surface area contributed by atoms with Crippen LogP contribution in [-0.4, -0.2) is 61.4 Å². The SMILES string of the molecule is CN(CCC(=O)O)C(=O)NCc1ccc(S(=O)(=O)N2CCCCC2)cc1. The standard InChI is InChI=1S/C17H25N3O5S/c1-19(12-9-16(21)22)17(23)18-13-14-5-7-15(8-6-14)26(24,25)20-10-3-2-4-11-20/h5-8H,2-4,9-13H2,1H3,(H,18,23)(H,21,22). The normalized spacial score (nSPS) is 15.4. The van der Waals surface area contributed by atoms with E-state index in [0.29, 0.717) is 13.1 Å². The summed E-state index contributed by atoms with van der Waals surface area (Å²) in [6.07, 6.45) is 2.72. The van der Waals surface area contributed by atoms with Crippen LogP contribution < -0.4 is 5.32 Å². The number of amides is 2. The molecule has 0 saturated carbocycles. The number of urea groups is 1. The number of aliphatic carboxylic acids is 1. The molecule has 1 aromatic carbocycles. The third kappa shape index (κ3) is 5.43. The lowest BCUT2D eigenvalue weighted by molar-refractivity contribution is -0.137. The first-order valence-electron chi connectivity index (χ1n) is 8.60. The number of sulfonamides is 1. The van der Waals surface area contributed by atoms with Gasteiger partial charge >= 0.3 is 12.0 Å². The summed E-state index contributed by atoms with van der Waals surface area (Å²) in [5.74, 6) is -0.963. The Kier molecular flexibility index (Phi) is 6.98. The van der Waals surface area contributed by atoms with E-state index in [-0.39, 0.29) is 30.4 Å². The number of carbonyl (C=O) groups excluding carboxylic acids is 1. The fraction of sp³-hybridized carbons (Fsp3) is 0.529. The Morgan fingerprint density at radius 2 is 1.77 bits per heavy atom. The maximum atomic E-state index is 12.6. The molecule has 1 heterocycles. The van der Waals surface area contributed by atoms with E-state index in [1.165, 1.54) is 16.3 Å². The van der Waals surface area contributed by atoms with Crippen LogP contribution in [0.2, 0.25) is 0 Å². The van der Waals surface area contributed by atoms with Gasteiger partial charge in [-0.2, -0.15) is 4.31 Å². The predicted molar refractivity (Wildman–Crippen MR) is 96.2 cm³/mol. The molecule has 8 nitrogen and oxygen atoms in total. The first kappa shape index (κ1) is 20.2. The van der Waals surface area contributed by atoms with E-state index in [2.05, 4.69) is 5.32 Å². The lowest BCUT2D eigenvalue weighted by Crippen LogP contribution is -2.38. The van der Waals surface area contributed by atoms with Crippen molar-refractivity contribution < 1.29 is 23.1 Å². The Labute approximate surface area is 153 Å². The molecule has 9 heteroatoms. The van der Waals surface area contributed by atoms with Gasteiger partial charge in [0.25, 0.3) is 0 Å². The van der Waals surface area contributed by atoms with Crippen molar-refractivity contribution in [1.82, 2.24) is 14.5 Å². The number of carboxylic acids is 1. The topological polar surface area (TPSA) is 107 Å². The minimum Gasteiger partial charge on any atom is -0.481 e. The number of nitrogens with zero attached hydrogens (tertiary/aromatic N) is 2. The van der Waals surface area contributed by atoms with Crippen molar-refractivity contribution in [2.45, 2.75) is 37.1 Å². The van der Waals surface area contributed by atoms with Crippen molar-refractivity contribution in [1.29, 1.82) is 0 Å². The molecule has 0 radical (unpaired) electrons. The van der Waals surface area contributed by atoms with E-state index in [1.807, 2.05) is 0 Å². The minimum atomic E-state index is -3.46. The summed E-state index contributed by atoms with van der Waals surface area (Å²) in [6, 6.07) is 6.08. The maximum Gasteiger partial charge on any atom is 0.317 e. The van der Waals surface area contributed by atoms with Crippen molar-refractivity contribution >= 4 is 22.0 Å². The third-order valence-corrected chi connectivity index (χ3v) is 6.24. The molecule has 26 heavy (non-hydrogen) atoms. The van der Waals surface area contributed by atoms with E-state index in [1.54, 1.807) is 24.3 Å². The molecule has 0 bridgehead atoms. The van der Waals surface area contributed by atoms with E-state index in [0.717, 1.165) is 24.8 Å². The lowest BCUT2D eigenvalue weighted by atomic mass is 10.2. The van der Waals surface area contributed by atoms with Gasteiger partial charge in [-0.05, 0) is 30.5 Å². The second kappa shape index (κ2) is 9.00. The molecule has 1 saturated heterocycles. The number of hydrogen-bond donors (Lipinski definition) is 2. The Morgan fingerprint density at radius 3 is 2.35 bits per heavy atom. The van der Waals surface area contributed by atoms with Crippen LogP contribution in [0.5, 0.6) is 0 Å². The van der Waals surface area contributed by atoms with Crippen molar-refractivity contribution in [3.8, 4) is 0 Å². The fourth-order valence-corrected chi connectivity index (χ4v) is 4.23. The number of benzene rings is 1. The van der Waals surface area contributed by atoms with Gasteiger partial charge < -0.3 is 15.3 Å². The second-order valence-corrected chi connectivity index (χ2v) is 8.27. The monoisotopic (exact) mass is 383 g/mol. The highest BCUT2D eigenvalue weighted by Gasteiger charge is 2.25. The zero-order chi connectivity index (χ0) is 19.2. The first-order chi connectivity index (χ1) is 12.3. The molecule has 2 rings (SSSR count). The van der Waals surface area contributed by atoms with Gasteiger partial charge in [0.1, 0.15) is 0 Å². The van der Waals surface area contributed by atoms with Gasteiger partial charge in [-0.25, -0.2) is 13.2 Å². The Morgan fingerprint density at radius 1 is 1.15 bits per heavy atom. The quantitative estimate of drug-likeness (QED) is 0.742. The molecule has 1 aliphatic heterocycles. The minimum absolute atomic E-state index is 0.118. The maximum absolute atomic E-state index is 12.6. The molecule has 0 atom stereocenters. The molecule has 2 amide bonds. The van der Waals surface area contributed by atoms with Gasteiger partial charge in [0.2, 0.25) is 10.0 Å². The van der Waals surface area contributed by atoms with Gasteiger partial charge in [0.15, 0.2) is 0 Å². The van der Waals surface area contributed by atoms with Crippen LogP contribution in [0.15, 0.2) is 29.2 Å². The van der Waals surface area contributed by atoms with Crippen LogP contribution in [0.25, 0.3) is 0 Å². The molecular weight excluding hydrogens is 358 g/mol. The summed E-state index contributed by atoms with van der Waals surface area (Å²) in [6.45, 7) is 1.47. The van der Waals surface area contributed by atoms with Gasteiger partial charge in [-0.15, -0.1) is 0 Å². The zero-order valence-electron chi connectivity index (χ0n) is 14.8. The van der Waals surface area contributed by atoms with Crippen molar-refractivity contribution in [2.75, 3.05) is 26.7 Å². The smallest absolute Gasteiger partial charge is 0.317 e. The van der Waals surface area contributed by atoms with E-state index < -0.39 is 16.0 Å². The zero-order valence-corrected chi connectivity index (χ0v) is 15.7. The Balaban J connectivity index is 1.91. The summed E-state index contributed by atoms with van der Waals surface area (Å²) >= 11 is 0. The average Bonchev–Trinajstić information content (AvgIpc) is 2.65. The fourth-order valence-electron chi connectivity index (χ4n) is 2.71. The van der Waals surface area contributed by atoms with E-state index in [4.69, 9.17) is 5.11 Å². The summed E-state index contributed by atoms with van der Waals surface area (Å²) in [7, 11) is -1.94. The predicted octanol–water partition coefficient (Wildman–Crippen LogP) is 1.48. The Hall–Kier alpha value is -2.13. The molecule has 0 aromatic heterocycles. The summed E-state index contributed by atoms with van der Waals surface area (Å²) in [5.41, 5.74) is 0.766. The average molecular weight is 383 g/mol. The number of nitrogens with one attached hydrogen (secondary N) is 1. The van der Waals surface area contributed by atoms with E-state index >= 15 is 0 Å². The van der Waals surface area contributed by atoms with Gasteiger partial charge in [0, 0.05) is 33.2 Å². The molecule has 2 N–H and O–H groups in total. The molecule has 0 spiro atoms. The van der Waals surface area contributed by atoms with Crippen LogP contribution >= 0.6 is 0 Å². The van der Waals surface area contributed by atoms with Gasteiger partial charge in [0.05, 0.1) is 11.3 Å². The number of carbonyl (C=O) groups is 2. The summed E-state index contributed by atoms with van der Waals surface area (Å²) in [4.78, 5) is 24.0. The molecule has 1 aliphatic rings. The second-order valence-electron chi connectivity index (χ2n) is 6.33. The highest BCUT2D eigenvalue weighted by Crippen LogP contribution is 2.20. The summed E-state index contributed by atoms with van der Waals surface area (Å²) in [5, 5.41) is 11.3.